The summed E-state index contributed by atoms with van der Waals surface area (Å²) in [5.41, 5.74) is 0.295. The van der Waals surface area contributed by atoms with E-state index in [0.29, 0.717) is 47.1 Å². The first kappa shape index (κ1) is 18.5. The van der Waals surface area contributed by atoms with Gasteiger partial charge in [0.05, 0.1) is 7.11 Å². The van der Waals surface area contributed by atoms with E-state index in [2.05, 4.69) is 24.0 Å². The number of piperazine rings is 1. The number of amides is 1. The molecule has 1 aliphatic heterocycles. The first-order valence-corrected chi connectivity index (χ1v) is 8.77. The molecule has 1 atom stereocenters. The highest BCUT2D eigenvalue weighted by Gasteiger charge is 2.27. The lowest BCUT2D eigenvalue weighted by Crippen LogP contribution is -2.52. The average molecular weight is 380 g/mol. The lowest BCUT2D eigenvalue weighted by Gasteiger charge is -2.37. The van der Waals surface area contributed by atoms with Crippen molar-refractivity contribution in [2.45, 2.75) is 19.6 Å². The molecule has 140 valence electrons. The quantitative estimate of drug-likeness (QED) is 0.795. The summed E-state index contributed by atoms with van der Waals surface area (Å²) in [6.45, 7) is 4.44. The van der Waals surface area contributed by atoms with Crippen LogP contribution in [0.25, 0.3) is 0 Å². The smallest absolute Gasteiger partial charge is 0.276 e. The van der Waals surface area contributed by atoms with E-state index in [1.807, 2.05) is 0 Å². The van der Waals surface area contributed by atoms with Crippen LogP contribution < -0.4 is 9.47 Å². The molecule has 0 saturated carbocycles. The maximum atomic E-state index is 12.6. The number of benzene rings is 1. The first-order valence-electron chi connectivity index (χ1n) is 8.39. The van der Waals surface area contributed by atoms with Crippen LogP contribution in [-0.2, 0) is 6.61 Å². The van der Waals surface area contributed by atoms with Crippen LogP contribution in [0.1, 0.15) is 23.2 Å². The van der Waals surface area contributed by atoms with Gasteiger partial charge in [0, 0.05) is 42.8 Å². The molecule has 7 nitrogen and oxygen atoms in total. The molecule has 2 heterocycles. The molecule has 1 saturated heterocycles. The van der Waals surface area contributed by atoms with Crippen LogP contribution in [0.3, 0.4) is 0 Å². The zero-order chi connectivity index (χ0) is 18.7. The molecule has 1 aliphatic rings. The summed E-state index contributed by atoms with van der Waals surface area (Å²) in [5, 5.41) is 4.45. The second-order valence-corrected chi connectivity index (χ2v) is 6.78. The minimum atomic E-state index is -0.121. The van der Waals surface area contributed by atoms with Gasteiger partial charge in [-0.05, 0) is 26.1 Å². The highest BCUT2D eigenvalue weighted by atomic mass is 35.5. The van der Waals surface area contributed by atoms with E-state index in [-0.39, 0.29) is 12.5 Å². The second-order valence-electron chi connectivity index (χ2n) is 6.34. The number of rotatable bonds is 5. The van der Waals surface area contributed by atoms with Crippen molar-refractivity contribution in [3.63, 3.8) is 0 Å². The Labute approximate surface area is 157 Å². The van der Waals surface area contributed by atoms with Gasteiger partial charge in [-0.1, -0.05) is 16.8 Å². The standard InChI is InChI=1S/C18H22ClN3O4/c1-12-10-22(7-6-21(12)2)18(23)15-9-14(26-20-15)11-25-16-5-4-13(19)8-17(16)24-3/h4-5,8-9,12H,6-7,10-11H2,1-3H3/t12-/m1/s1. The molecule has 3 rings (SSSR count). The molecular weight excluding hydrogens is 358 g/mol. The minimum absolute atomic E-state index is 0.121. The Balaban J connectivity index is 1.62. The third kappa shape index (κ3) is 4.11. The number of carbonyl (C=O) groups is 1. The van der Waals surface area contributed by atoms with Gasteiger partial charge in [-0.2, -0.15) is 0 Å². The molecule has 26 heavy (non-hydrogen) atoms. The molecular formula is C18H22ClN3O4. The summed E-state index contributed by atoms with van der Waals surface area (Å²) in [5.74, 6) is 1.41. The summed E-state index contributed by atoms with van der Waals surface area (Å²) in [6, 6.07) is 7.03. The van der Waals surface area contributed by atoms with Crippen LogP contribution in [0.4, 0.5) is 0 Å². The fourth-order valence-electron chi connectivity index (χ4n) is 2.79. The van der Waals surface area contributed by atoms with Crippen LogP contribution in [0.2, 0.25) is 5.02 Å². The molecule has 0 aliphatic carbocycles. The van der Waals surface area contributed by atoms with Crippen molar-refractivity contribution in [3.8, 4) is 11.5 Å². The zero-order valence-corrected chi connectivity index (χ0v) is 15.8. The molecule has 1 amide bonds. The Morgan fingerprint density at radius 1 is 1.35 bits per heavy atom. The topological polar surface area (TPSA) is 68.0 Å². The van der Waals surface area contributed by atoms with Gasteiger partial charge in [-0.3, -0.25) is 4.79 Å². The highest BCUT2D eigenvalue weighted by molar-refractivity contribution is 6.30. The van der Waals surface area contributed by atoms with E-state index in [0.717, 1.165) is 6.54 Å². The number of likely N-dealkylation sites (N-methyl/N-ethyl adjacent to an activating group) is 1. The first-order chi connectivity index (χ1) is 12.5. The fraction of sp³-hybridized carbons (Fsp3) is 0.444. The van der Waals surface area contributed by atoms with E-state index < -0.39 is 0 Å². The van der Waals surface area contributed by atoms with E-state index in [9.17, 15) is 4.79 Å². The summed E-state index contributed by atoms with van der Waals surface area (Å²) in [7, 11) is 3.60. The fourth-order valence-corrected chi connectivity index (χ4v) is 2.95. The second kappa shape index (κ2) is 7.97. The Kier molecular flexibility index (Phi) is 5.68. The number of methoxy groups -OCH3 is 1. The molecule has 0 unspecified atom stereocenters. The highest BCUT2D eigenvalue weighted by Crippen LogP contribution is 2.30. The Morgan fingerprint density at radius 2 is 2.15 bits per heavy atom. The van der Waals surface area contributed by atoms with Crippen molar-refractivity contribution in [2.24, 2.45) is 0 Å². The molecule has 1 fully saturated rings. The molecule has 1 aromatic carbocycles. The number of hydrogen-bond acceptors (Lipinski definition) is 6. The van der Waals surface area contributed by atoms with Crippen LogP contribution in [0.15, 0.2) is 28.8 Å². The van der Waals surface area contributed by atoms with E-state index >= 15 is 0 Å². The number of aromatic nitrogens is 1. The van der Waals surface area contributed by atoms with E-state index in [4.69, 9.17) is 25.6 Å². The van der Waals surface area contributed by atoms with Gasteiger partial charge >= 0.3 is 0 Å². The van der Waals surface area contributed by atoms with Gasteiger partial charge in [-0.25, -0.2) is 0 Å². The van der Waals surface area contributed by atoms with E-state index in [1.165, 1.54) is 0 Å². The maximum absolute atomic E-state index is 12.6. The molecule has 0 spiro atoms. The van der Waals surface area contributed by atoms with Crippen LogP contribution in [-0.4, -0.2) is 60.7 Å². The van der Waals surface area contributed by atoms with E-state index in [1.54, 1.807) is 36.3 Å². The van der Waals surface area contributed by atoms with Crippen molar-refractivity contribution < 1.29 is 18.8 Å². The summed E-state index contributed by atoms with van der Waals surface area (Å²) in [4.78, 5) is 16.6. The van der Waals surface area contributed by atoms with Gasteiger partial charge in [0.25, 0.3) is 5.91 Å². The van der Waals surface area contributed by atoms with Crippen molar-refractivity contribution in [2.75, 3.05) is 33.8 Å². The van der Waals surface area contributed by atoms with Crippen molar-refractivity contribution in [1.29, 1.82) is 0 Å². The zero-order valence-electron chi connectivity index (χ0n) is 15.1. The van der Waals surface area contributed by atoms with Gasteiger partial charge in [-0.15, -0.1) is 0 Å². The van der Waals surface area contributed by atoms with Gasteiger partial charge < -0.3 is 23.8 Å². The van der Waals surface area contributed by atoms with Gasteiger partial charge in [0.15, 0.2) is 23.0 Å². The van der Waals surface area contributed by atoms with Crippen molar-refractivity contribution in [1.82, 2.24) is 15.0 Å². The Bertz CT molecular complexity index is 780. The summed E-state index contributed by atoms with van der Waals surface area (Å²) >= 11 is 5.93. The molecule has 0 bridgehead atoms. The SMILES string of the molecule is COc1cc(Cl)ccc1OCc1cc(C(=O)N2CCN(C)[C@H](C)C2)no1. The number of halogens is 1. The van der Waals surface area contributed by atoms with Crippen molar-refractivity contribution in [3.05, 3.63) is 40.7 Å². The van der Waals surface area contributed by atoms with Crippen LogP contribution in [0.5, 0.6) is 11.5 Å². The third-order valence-corrected chi connectivity index (χ3v) is 4.76. The average Bonchev–Trinajstić information content (AvgIpc) is 3.11. The predicted molar refractivity (Wildman–Crippen MR) is 96.8 cm³/mol. The number of nitrogens with zero attached hydrogens (tertiary/aromatic N) is 3. The number of ether oxygens (including phenoxy) is 2. The summed E-state index contributed by atoms with van der Waals surface area (Å²) < 4.78 is 16.2. The Hall–Kier alpha value is -2.25. The maximum Gasteiger partial charge on any atom is 0.276 e. The molecule has 2 aromatic rings. The molecule has 0 radical (unpaired) electrons. The third-order valence-electron chi connectivity index (χ3n) is 4.52. The van der Waals surface area contributed by atoms with Crippen LogP contribution in [0, 0.1) is 0 Å². The normalized spacial score (nSPS) is 18.0. The molecule has 8 heteroatoms. The monoisotopic (exact) mass is 379 g/mol. The number of hydrogen-bond donors (Lipinski definition) is 0. The molecule has 1 aromatic heterocycles. The van der Waals surface area contributed by atoms with Crippen molar-refractivity contribution >= 4 is 17.5 Å². The molecule has 0 N–H and O–H groups in total. The lowest BCUT2D eigenvalue weighted by atomic mass is 10.2. The number of carbonyl (C=O) groups excluding carboxylic acids is 1. The van der Waals surface area contributed by atoms with Crippen LogP contribution >= 0.6 is 11.6 Å². The van der Waals surface area contributed by atoms with Gasteiger partial charge in [0.2, 0.25) is 0 Å². The lowest BCUT2D eigenvalue weighted by molar-refractivity contribution is 0.0562. The summed E-state index contributed by atoms with van der Waals surface area (Å²) in [6.07, 6.45) is 0. The predicted octanol–water partition coefficient (Wildman–Crippen LogP) is 2.69. The van der Waals surface area contributed by atoms with Gasteiger partial charge in [0.1, 0.15) is 6.61 Å². The Morgan fingerprint density at radius 3 is 2.88 bits per heavy atom. The minimum Gasteiger partial charge on any atom is -0.493 e. The largest absolute Gasteiger partial charge is 0.493 e.